The van der Waals surface area contributed by atoms with Crippen LogP contribution in [-0.4, -0.2) is 11.7 Å². The molecule has 3 nitrogen and oxygen atoms in total. The standard InChI is InChI=1S/C24H19NO2S/c26-24(17-28-23-15-10-18-6-4-5-7-19(18)16-23)25-20-11-13-22(14-12-20)27-21-8-2-1-3-9-21/h1-16H,17H2,(H,25,26). The third-order valence-electron chi connectivity index (χ3n) is 4.21. The molecule has 0 heterocycles. The van der Waals surface area contributed by atoms with Crippen LogP contribution >= 0.6 is 11.8 Å². The van der Waals surface area contributed by atoms with Crippen molar-refractivity contribution < 1.29 is 9.53 Å². The van der Waals surface area contributed by atoms with Crippen LogP contribution in [0, 0.1) is 0 Å². The summed E-state index contributed by atoms with van der Waals surface area (Å²) in [6.45, 7) is 0. The van der Waals surface area contributed by atoms with Gasteiger partial charge in [0, 0.05) is 10.6 Å². The Morgan fingerprint density at radius 1 is 0.750 bits per heavy atom. The van der Waals surface area contributed by atoms with Gasteiger partial charge in [-0.3, -0.25) is 4.79 Å². The number of ether oxygens (including phenoxy) is 1. The van der Waals surface area contributed by atoms with Crippen molar-refractivity contribution in [3.05, 3.63) is 97.1 Å². The van der Waals surface area contributed by atoms with Crippen molar-refractivity contribution in [3.8, 4) is 11.5 Å². The fourth-order valence-electron chi connectivity index (χ4n) is 2.83. The minimum Gasteiger partial charge on any atom is -0.457 e. The molecule has 0 aliphatic carbocycles. The van der Waals surface area contributed by atoms with Crippen molar-refractivity contribution in [2.24, 2.45) is 0 Å². The summed E-state index contributed by atoms with van der Waals surface area (Å²) >= 11 is 1.53. The maximum absolute atomic E-state index is 12.3. The fourth-order valence-corrected chi connectivity index (χ4v) is 3.58. The Morgan fingerprint density at radius 3 is 2.21 bits per heavy atom. The molecule has 4 aromatic rings. The van der Waals surface area contributed by atoms with Gasteiger partial charge >= 0.3 is 0 Å². The highest BCUT2D eigenvalue weighted by atomic mass is 32.2. The minimum atomic E-state index is -0.0325. The summed E-state index contributed by atoms with van der Waals surface area (Å²) in [5.41, 5.74) is 0.754. The van der Waals surface area contributed by atoms with Crippen molar-refractivity contribution in [3.63, 3.8) is 0 Å². The second kappa shape index (κ2) is 8.63. The Morgan fingerprint density at radius 2 is 1.43 bits per heavy atom. The van der Waals surface area contributed by atoms with Crippen molar-refractivity contribution >= 4 is 34.1 Å². The van der Waals surface area contributed by atoms with Crippen LogP contribution < -0.4 is 10.1 Å². The van der Waals surface area contributed by atoms with Crippen LogP contribution in [-0.2, 0) is 4.79 Å². The zero-order valence-electron chi connectivity index (χ0n) is 15.2. The van der Waals surface area contributed by atoms with Crippen LogP contribution in [0.1, 0.15) is 0 Å². The first kappa shape index (κ1) is 18.1. The highest BCUT2D eigenvalue weighted by molar-refractivity contribution is 8.00. The molecule has 0 aromatic heterocycles. The number of fused-ring (bicyclic) bond motifs is 1. The summed E-state index contributed by atoms with van der Waals surface area (Å²) in [4.78, 5) is 13.3. The van der Waals surface area contributed by atoms with Crippen LogP contribution in [0.5, 0.6) is 11.5 Å². The van der Waals surface area contributed by atoms with E-state index in [1.54, 1.807) is 0 Å². The number of carbonyl (C=O) groups excluding carboxylic acids is 1. The second-order valence-electron chi connectivity index (χ2n) is 6.29. The molecule has 0 saturated carbocycles. The normalized spacial score (nSPS) is 10.6. The van der Waals surface area contributed by atoms with Crippen LogP contribution in [0.25, 0.3) is 10.8 Å². The van der Waals surface area contributed by atoms with E-state index in [1.807, 2.05) is 66.7 Å². The quantitative estimate of drug-likeness (QED) is 0.392. The highest BCUT2D eigenvalue weighted by Crippen LogP contribution is 2.25. The van der Waals surface area contributed by atoms with E-state index in [2.05, 4.69) is 35.6 Å². The molecule has 1 amide bonds. The van der Waals surface area contributed by atoms with Gasteiger partial charge in [-0.25, -0.2) is 0 Å². The number of nitrogens with one attached hydrogen (secondary N) is 1. The molecule has 4 heteroatoms. The average molecular weight is 385 g/mol. The largest absolute Gasteiger partial charge is 0.457 e. The summed E-state index contributed by atoms with van der Waals surface area (Å²) in [7, 11) is 0. The first-order chi connectivity index (χ1) is 13.8. The number of amides is 1. The van der Waals surface area contributed by atoms with Gasteiger partial charge in [0.15, 0.2) is 0 Å². The Hall–Kier alpha value is -3.24. The van der Waals surface area contributed by atoms with E-state index in [0.29, 0.717) is 5.75 Å². The van der Waals surface area contributed by atoms with Crippen LogP contribution in [0.3, 0.4) is 0 Å². The molecule has 0 aliphatic heterocycles. The number of rotatable bonds is 6. The molecule has 138 valence electrons. The van der Waals surface area contributed by atoms with Gasteiger partial charge < -0.3 is 10.1 Å². The Balaban J connectivity index is 1.31. The summed E-state index contributed by atoms with van der Waals surface area (Å²) in [6, 6.07) is 31.5. The molecule has 0 aliphatic rings. The second-order valence-corrected chi connectivity index (χ2v) is 7.33. The van der Waals surface area contributed by atoms with E-state index in [-0.39, 0.29) is 5.91 Å². The SMILES string of the molecule is O=C(CSc1ccc2ccccc2c1)Nc1ccc(Oc2ccccc2)cc1. The molecule has 0 fully saturated rings. The summed E-state index contributed by atoms with van der Waals surface area (Å²) in [5.74, 6) is 1.84. The van der Waals surface area contributed by atoms with Gasteiger partial charge in [-0.1, -0.05) is 48.5 Å². The Bertz CT molecular complexity index is 1080. The maximum atomic E-state index is 12.3. The Kier molecular flexibility index (Phi) is 5.59. The van der Waals surface area contributed by atoms with E-state index >= 15 is 0 Å². The van der Waals surface area contributed by atoms with Gasteiger partial charge in [-0.2, -0.15) is 0 Å². The van der Waals surface area contributed by atoms with Crippen molar-refractivity contribution in [2.45, 2.75) is 4.90 Å². The molecule has 4 rings (SSSR count). The molecule has 1 N–H and O–H groups in total. The lowest BCUT2D eigenvalue weighted by molar-refractivity contribution is -0.113. The zero-order valence-corrected chi connectivity index (χ0v) is 16.0. The predicted molar refractivity (Wildman–Crippen MR) is 116 cm³/mol. The third-order valence-corrected chi connectivity index (χ3v) is 5.20. The molecular weight excluding hydrogens is 366 g/mol. The number of para-hydroxylation sites is 1. The number of thioether (sulfide) groups is 1. The van der Waals surface area contributed by atoms with Crippen LogP contribution in [0.4, 0.5) is 5.69 Å². The molecule has 0 spiro atoms. The molecule has 0 bridgehead atoms. The predicted octanol–water partition coefficient (Wildman–Crippen LogP) is 6.36. The number of carbonyl (C=O) groups is 1. The average Bonchev–Trinajstić information content (AvgIpc) is 2.74. The van der Waals surface area contributed by atoms with Gasteiger partial charge in [0.25, 0.3) is 0 Å². The third kappa shape index (κ3) is 4.72. The molecule has 4 aromatic carbocycles. The van der Waals surface area contributed by atoms with Gasteiger partial charge in [0.2, 0.25) is 5.91 Å². The van der Waals surface area contributed by atoms with Gasteiger partial charge in [-0.05, 0) is 59.3 Å². The lowest BCUT2D eigenvalue weighted by Crippen LogP contribution is -2.13. The van der Waals surface area contributed by atoms with Gasteiger partial charge in [0.1, 0.15) is 11.5 Å². The van der Waals surface area contributed by atoms with E-state index in [0.717, 1.165) is 22.1 Å². The first-order valence-corrected chi connectivity index (χ1v) is 9.99. The summed E-state index contributed by atoms with van der Waals surface area (Å²) in [5, 5.41) is 5.31. The van der Waals surface area contributed by atoms with Crippen molar-refractivity contribution in [1.82, 2.24) is 0 Å². The van der Waals surface area contributed by atoms with Crippen molar-refractivity contribution in [1.29, 1.82) is 0 Å². The topological polar surface area (TPSA) is 38.3 Å². The molecule has 0 radical (unpaired) electrons. The summed E-state index contributed by atoms with van der Waals surface area (Å²) < 4.78 is 5.76. The zero-order chi connectivity index (χ0) is 19.2. The molecule has 0 atom stereocenters. The van der Waals surface area contributed by atoms with E-state index in [1.165, 1.54) is 22.5 Å². The Labute approximate surface area is 168 Å². The minimum absolute atomic E-state index is 0.0325. The van der Waals surface area contributed by atoms with Gasteiger partial charge in [0.05, 0.1) is 5.75 Å². The van der Waals surface area contributed by atoms with E-state index in [4.69, 9.17) is 4.74 Å². The maximum Gasteiger partial charge on any atom is 0.234 e. The molecule has 0 saturated heterocycles. The fraction of sp³-hybridized carbons (Fsp3) is 0.0417. The van der Waals surface area contributed by atoms with Gasteiger partial charge in [-0.15, -0.1) is 11.8 Å². The van der Waals surface area contributed by atoms with E-state index in [9.17, 15) is 4.79 Å². The first-order valence-electron chi connectivity index (χ1n) is 9.01. The highest BCUT2D eigenvalue weighted by Gasteiger charge is 2.05. The molecule has 28 heavy (non-hydrogen) atoms. The summed E-state index contributed by atoms with van der Waals surface area (Å²) in [6.07, 6.45) is 0. The lowest BCUT2D eigenvalue weighted by Gasteiger charge is -2.08. The monoisotopic (exact) mass is 385 g/mol. The van der Waals surface area contributed by atoms with Crippen molar-refractivity contribution in [2.75, 3.05) is 11.1 Å². The smallest absolute Gasteiger partial charge is 0.234 e. The molecule has 0 unspecified atom stereocenters. The van der Waals surface area contributed by atoms with Crippen LogP contribution in [0.2, 0.25) is 0 Å². The number of anilines is 1. The molecular formula is C24H19NO2S. The number of hydrogen-bond acceptors (Lipinski definition) is 3. The van der Waals surface area contributed by atoms with Crippen LogP contribution in [0.15, 0.2) is 102 Å². The van der Waals surface area contributed by atoms with E-state index < -0.39 is 0 Å². The lowest BCUT2D eigenvalue weighted by atomic mass is 10.1. The number of hydrogen-bond donors (Lipinski definition) is 1. The number of benzene rings is 4.